The molecule has 12 nitrogen and oxygen atoms in total. The third-order valence-electron chi connectivity index (χ3n) is 6.63. The zero-order valence-corrected chi connectivity index (χ0v) is 24.9. The van der Waals surface area contributed by atoms with E-state index in [0.29, 0.717) is 44.0 Å². The number of hydrogen-bond donors (Lipinski definition) is 3. The molecule has 0 aromatic heterocycles. The molecule has 1 heterocycles. The summed E-state index contributed by atoms with van der Waals surface area (Å²) in [4.78, 5) is 33.4. The Bertz CT molecular complexity index is 1420. The van der Waals surface area contributed by atoms with Crippen LogP contribution in [-0.4, -0.2) is 60.0 Å². The van der Waals surface area contributed by atoms with E-state index in [4.69, 9.17) is 38.8 Å². The van der Waals surface area contributed by atoms with Gasteiger partial charge in [-0.15, -0.1) is 0 Å². The number of nitrogens with two attached hydrogens (primary N) is 1. The third-order valence-corrected chi connectivity index (χ3v) is 7.65. The number of rotatable bonds is 16. The third kappa shape index (κ3) is 10.7. The highest BCUT2D eigenvalue weighted by atomic mass is 31.2. The highest BCUT2D eigenvalue weighted by molar-refractivity contribution is 7.47. The maximum absolute atomic E-state index is 12.6. The van der Waals surface area contributed by atoms with Gasteiger partial charge in [0.2, 0.25) is 0 Å². The van der Waals surface area contributed by atoms with Crippen molar-refractivity contribution in [1.29, 1.82) is 0 Å². The molecule has 0 aliphatic carbocycles. The van der Waals surface area contributed by atoms with Crippen LogP contribution in [0.4, 0.5) is 0 Å². The molecule has 1 aliphatic heterocycles. The van der Waals surface area contributed by atoms with Crippen LogP contribution in [0.1, 0.15) is 30.4 Å². The topological polar surface area (TPSA) is 173 Å². The number of aliphatic carboxylic acids is 1. The van der Waals surface area contributed by atoms with E-state index in [1.807, 2.05) is 78.9 Å². The standard InChI is InChI=1S/C31H36NO11P/c32-26(31(34)35)20-41-44(36,37)43-28-14-7-17-38-29(28)21-40-30(33)16-15-23-9-4-5-13-27(23)39-19-22-8-6-12-25(18-22)42-24-10-2-1-3-11-24/h1-6,8-13,18,26,28-29H,7,14-17,19-21,32H2,(H,34,35)(H,36,37)/t26-,28?,29+/m0/s1. The molecule has 4 atom stereocenters. The van der Waals surface area contributed by atoms with Crippen molar-refractivity contribution in [2.75, 3.05) is 19.8 Å². The van der Waals surface area contributed by atoms with Crippen LogP contribution in [0, 0.1) is 0 Å². The van der Waals surface area contributed by atoms with E-state index >= 15 is 0 Å². The van der Waals surface area contributed by atoms with Gasteiger partial charge in [-0.3, -0.25) is 18.6 Å². The van der Waals surface area contributed by atoms with Crippen molar-refractivity contribution in [3.05, 3.63) is 90.0 Å². The van der Waals surface area contributed by atoms with Crippen molar-refractivity contribution in [3.8, 4) is 17.2 Å². The van der Waals surface area contributed by atoms with Gasteiger partial charge in [0.15, 0.2) is 0 Å². The average Bonchev–Trinajstić information content (AvgIpc) is 3.02. The van der Waals surface area contributed by atoms with Crippen molar-refractivity contribution in [1.82, 2.24) is 0 Å². The Labute approximate surface area is 255 Å². The lowest BCUT2D eigenvalue weighted by Gasteiger charge is -2.32. The van der Waals surface area contributed by atoms with Crippen molar-refractivity contribution < 1.29 is 52.1 Å². The number of benzene rings is 3. The average molecular weight is 630 g/mol. The molecule has 0 spiro atoms. The molecule has 13 heteroatoms. The predicted octanol–water partition coefficient (Wildman–Crippen LogP) is 4.63. The van der Waals surface area contributed by atoms with Crippen LogP contribution in [0.2, 0.25) is 0 Å². The fourth-order valence-electron chi connectivity index (χ4n) is 4.36. The van der Waals surface area contributed by atoms with Gasteiger partial charge >= 0.3 is 19.8 Å². The molecule has 4 rings (SSSR count). The minimum Gasteiger partial charge on any atom is -0.489 e. The number of hydrogen-bond acceptors (Lipinski definition) is 10. The molecule has 44 heavy (non-hydrogen) atoms. The highest BCUT2D eigenvalue weighted by Gasteiger charge is 2.36. The Hall–Kier alpha value is -3.77. The van der Waals surface area contributed by atoms with E-state index in [-0.39, 0.29) is 13.0 Å². The number of aryl methyl sites for hydroxylation is 1. The summed E-state index contributed by atoms with van der Waals surface area (Å²) in [6.45, 7) is -0.253. The van der Waals surface area contributed by atoms with Crippen LogP contribution in [0.25, 0.3) is 0 Å². The van der Waals surface area contributed by atoms with Crippen molar-refractivity contribution in [2.45, 2.75) is 50.5 Å². The molecule has 1 aliphatic rings. The molecule has 2 unspecified atom stereocenters. The fraction of sp³-hybridized carbons (Fsp3) is 0.355. The number of phosphoric ester groups is 1. The van der Waals surface area contributed by atoms with Gasteiger partial charge in [0, 0.05) is 13.0 Å². The number of para-hydroxylation sites is 2. The number of carbonyl (C=O) groups excluding carboxylic acids is 1. The molecule has 4 N–H and O–H groups in total. The molecule has 0 saturated carbocycles. The first kappa shape index (κ1) is 33.1. The first-order chi connectivity index (χ1) is 21.2. The fourth-order valence-corrected chi connectivity index (χ4v) is 5.35. The number of carboxylic acid groups (broad SMARTS) is 1. The number of phosphoric acid groups is 1. The molecular formula is C31H36NO11P. The van der Waals surface area contributed by atoms with Crippen LogP contribution >= 0.6 is 7.82 Å². The zero-order chi connectivity index (χ0) is 31.4. The molecule has 3 aromatic rings. The van der Waals surface area contributed by atoms with E-state index in [1.165, 1.54) is 0 Å². The highest BCUT2D eigenvalue weighted by Crippen LogP contribution is 2.46. The number of carbonyl (C=O) groups is 2. The summed E-state index contributed by atoms with van der Waals surface area (Å²) >= 11 is 0. The van der Waals surface area contributed by atoms with Crippen LogP contribution in [0.15, 0.2) is 78.9 Å². The predicted molar refractivity (Wildman–Crippen MR) is 158 cm³/mol. The SMILES string of the molecule is N[C@@H](COP(=O)(O)OC1CCCO[C@@H]1COC(=O)CCc1ccccc1OCc1cccc(Oc2ccccc2)c1)C(=O)O. The summed E-state index contributed by atoms with van der Waals surface area (Å²) in [6, 6.07) is 23.0. The summed E-state index contributed by atoms with van der Waals surface area (Å²) in [5.41, 5.74) is 7.05. The van der Waals surface area contributed by atoms with Gasteiger partial charge in [-0.25, -0.2) is 4.57 Å². The quantitative estimate of drug-likeness (QED) is 0.148. The summed E-state index contributed by atoms with van der Waals surface area (Å²) in [6.07, 6.45) is -0.381. The minimum absolute atomic E-state index is 0.0632. The Morgan fingerprint density at radius 1 is 1.02 bits per heavy atom. The van der Waals surface area contributed by atoms with E-state index in [1.54, 1.807) is 0 Å². The summed E-state index contributed by atoms with van der Waals surface area (Å²) in [5, 5.41) is 8.82. The molecule has 1 saturated heterocycles. The smallest absolute Gasteiger partial charge is 0.472 e. The first-order valence-electron chi connectivity index (χ1n) is 14.1. The van der Waals surface area contributed by atoms with Crippen molar-refractivity contribution in [2.24, 2.45) is 5.73 Å². The normalized spacial score (nSPS) is 18.5. The Morgan fingerprint density at radius 2 is 1.77 bits per heavy atom. The largest absolute Gasteiger partial charge is 0.489 e. The molecular weight excluding hydrogens is 593 g/mol. The van der Waals surface area contributed by atoms with Gasteiger partial charge < -0.3 is 34.7 Å². The van der Waals surface area contributed by atoms with Gasteiger partial charge in [0.25, 0.3) is 0 Å². The monoisotopic (exact) mass is 629 g/mol. The van der Waals surface area contributed by atoms with Crippen LogP contribution in [0.5, 0.6) is 17.2 Å². The second-order valence-electron chi connectivity index (χ2n) is 10.0. The van der Waals surface area contributed by atoms with Gasteiger partial charge in [0.05, 0.1) is 12.7 Å². The molecule has 0 radical (unpaired) electrons. The van der Waals surface area contributed by atoms with Crippen LogP contribution in [-0.2, 0) is 45.7 Å². The second-order valence-corrected chi connectivity index (χ2v) is 11.5. The number of esters is 1. The molecule has 0 bridgehead atoms. The lowest BCUT2D eigenvalue weighted by molar-refractivity contribution is -0.154. The summed E-state index contributed by atoms with van der Waals surface area (Å²) in [7, 11) is -4.63. The molecule has 3 aromatic carbocycles. The van der Waals surface area contributed by atoms with Crippen molar-refractivity contribution in [3.63, 3.8) is 0 Å². The number of ether oxygens (including phenoxy) is 4. The van der Waals surface area contributed by atoms with E-state index < -0.39 is 44.6 Å². The maximum Gasteiger partial charge on any atom is 0.472 e. The Balaban J connectivity index is 1.25. The van der Waals surface area contributed by atoms with Gasteiger partial charge in [0.1, 0.15) is 42.6 Å². The van der Waals surface area contributed by atoms with Gasteiger partial charge in [-0.05, 0) is 60.7 Å². The van der Waals surface area contributed by atoms with E-state index in [0.717, 1.165) is 16.9 Å². The van der Waals surface area contributed by atoms with E-state index in [2.05, 4.69) is 0 Å². The van der Waals surface area contributed by atoms with E-state index in [9.17, 15) is 19.0 Å². The van der Waals surface area contributed by atoms with Crippen molar-refractivity contribution >= 4 is 19.8 Å². The zero-order valence-electron chi connectivity index (χ0n) is 24.0. The molecule has 236 valence electrons. The van der Waals surface area contributed by atoms with Gasteiger partial charge in [-0.2, -0.15) is 0 Å². The Kier molecular flexibility index (Phi) is 12.3. The molecule has 1 fully saturated rings. The summed E-state index contributed by atoms with van der Waals surface area (Å²) < 4.78 is 45.2. The summed E-state index contributed by atoms with van der Waals surface area (Å²) in [5.74, 6) is 0.194. The Morgan fingerprint density at radius 3 is 2.57 bits per heavy atom. The first-order valence-corrected chi connectivity index (χ1v) is 15.6. The van der Waals surface area contributed by atoms with Crippen LogP contribution in [0.3, 0.4) is 0 Å². The number of carboxylic acids is 1. The van der Waals surface area contributed by atoms with Crippen LogP contribution < -0.4 is 15.2 Å². The lowest BCUT2D eigenvalue weighted by atomic mass is 10.1. The minimum atomic E-state index is -4.63. The second kappa shape index (κ2) is 16.3. The maximum atomic E-state index is 12.6. The van der Waals surface area contributed by atoms with Gasteiger partial charge in [-0.1, -0.05) is 48.5 Å². The lowest BCUT2D eigenvalue weighted by Crippen LogP contribution is -2.40. The molecule has 0 amide bonds.